The van der Waals surface area contributed by atoms with Gasteiger partial charge in [-0.1, -0.05) is 102 Å². The SMILES string of the molecule is CC1(C)OB(c2cc(F)ccc2N)OC1(C)C.Cc1ccc2c(c1)CC(Br)=C2C1CCCCC1.Cc1ccc2c(c1)CC(c1cc(F)ccc1N)=C2C1CCCCC1.O=C=O.O=C=O. The first-order valence-electron chi connectivity index (χ1n) is 22.2. The molecule has 0 radical (unpaired) electrons. The largest absolute Gasteiger partial charge is 0.497 e. The lowest BCUT2D eigenvalue weighted by Gasteiger charge is -2.32. The number of rotatable bonds is 4. The summed E-state index contributed by atoms with van der Waals surface area (Å²) >= 11 is 3.83. The predicted octanol–water partition coefficient (Wildman–Crippen LogP) is 11.5. The van der Waals surface area contributed by atoms with Crippen molar-refractivity contribution in [2.24, 2.45) is 11.8 Å². The maximum atomic E-state index is 13.9. The van der Waals surface area contributed by atoms with Crippen LogP contribution in [0.3, 0.4) is 0 Å². The number of halogens is 3. The van der Waals surface area contributed by atoms with Crippen LogP contribution in [0.1, 0.15) is 131 Å². The Morgan fingerprint density at radius 1 is 0.594 bits per heavy atom. The van der Waals surface area contributed by atoms with Gasteiger partial charge in [0.25, 0.3) is 0 Å². The van der Waals surface area contributed by atoms with E-state index in [0.717, 1.165) is 24.3 Å². The summed E-state index contributed by atoms with van der Waals surface area (Å²) < 4.78 is 40.2. The van der Waals surface area contributed by atoms with Gasteiger partial charge in [-0.05, 0) is 161 Å². The van der Waals surface area contributed by atoms with Gasteiger partial charge in [0.2, 0.25) is 0 Å². The van der Waals surface area contributed by atoms with Crippen LogP contribution in [-0.2, 0) is 41.3 Å². The fraction of sp³-hybridized carbons (Fsp3) is 0.423. The van der Waals surface area contributed by atoms with Crippen LogP contribution in [0, 0.1) is 37.3 Å². The van der Waals surface area contributed by atoms with Gasteiger partial charge in [0.15, 0.2) is 0 Å². The minimum absolute atomic E-state index is 0.207. The zero-order valence-corrected chi connectivity index (χ0v) is 39.5. The first-order chi connectivity index (χ1) is 30.4. The third kappa shape index (κ3) is 12.0. The molecule has 4 aliphatic carbocycles. The molecule has 64 heavy (non-hydrogen) atoms. The number of fused-ring (bicyclic) bond motifs is 2. The molecule has 1 aliphatic heterocycles. The van der Waals surface area contributed by atoms with Gasteiger partial charge >= 0.3 is 19.4 Å². The maximum Gasteiger partial charge on any atom is 0.497 e. The molecule has 2 saturated carbocycles. The van der Waals surface area contributed by atoms with E-state index < -0.39 is 18.3 Å². The van der Waals surface area contributed by atoms with Crippen LogP contribution in [0.4, 0.5) is 20.2 Å². The van der Waals surface area contributed by atoms with Gasteiger partial charge < -0.3 is 20.8 Å². The van der Waals surface area contributed by atoms with Crippen molar-refractivity contribution in [1.29, 1.82) is 0 Å². The fourth-order valence-electron chi connectivity index (χ4n) is 9.56. The normalized spacial score (nSPS) is 18.4. The molecule has 12 heteroatoms. The average molecular weight is 938 g/mol. The summed E-state index contributed by atoms with van der Waals surface area (Å²) in [4.78, 5) is 32.5. The molecule has 0 bridgehead atoms. The Balaban J connectivity index is 0.000000173. The number of aryl methyl sites for hydroxylation is 2. The smallest absolute Gasteiger partial charge is 0.399 e. The van der Waals surface area contributed by atoms with Crippen LogP contribution in [0.15, 0.2) is 77.3 Å². The summed E-state index contributed by atoms with van der Waals surface area (Å²) in [6.07, 6.45) is 15.9. The molecule has 3 fully saturated rings. The molecule has 9 rings (SSSR count). The minimum atomic E-state index is -0.615. The molecule has 1 saturated heterocycles. The van der Waals surface area contributed by atoms with Gasteiger partial charge in [0, 0.05) is 33.3 Å². The molecule has 0 spiro atoms. The number of benzene rings is 4. The summed E-state index contributed by atoms with van der Waals surface area (Å²) in [5, 5.41) is 0. The van der Waals surface area contributed by atoms with Crippen molar-refractivity contribution < 1.29 is 37.3 Å². The maximum absolute atomic E-state index is 13.9. The summed E-state index contributed by atoms with van der Waals surface area (Å²) in [7, 11) is -0.615. The van der Waals surface area contributed by atoms with Gasteiger partial charge in [-0.3, -0.25) is 0 Å². The molecule has 0 aromatic heterocycles. The molecule has 0 amide bonds. The van der Waals surface area contributed by atoms with Crippen LogP contribution in [0.25, 0.3) is 16.7 Å². The van der Waals surface area contributed by atoms with E-state index in [1.54, 1.807) is 17.7 Å². The first-order valence-corrected chi connectivity index (χ1v) is 23.0. The molecular formula is C52H60BBrF2N2O6. The Bertz CT molecular complexity index is 2400. The minimum Gasteiger partial charge on any atom is -0.399 e. The van der Waals surface area contributed by atoms with Gasteiger partial charge in [0.1, 0.15) is 11.6 Å². The van der Waals surface area contributed by atoms with E-state index in [1.165, 1.54) is 137 Å². The van der Waals surface area contributed by atoms with E-state index in [2.05, 4.69) is 66.2 Å². The highest BCUT2D eigenvalue weighted by Crippen LogP contribution is 2.48. The lowest BCUT2D eigenvalue weighted by molar-refractivity contribution is -0.193. The molecule has 1 heterocycles. The first kappa shape index (κ1) is 50.1. The number of nitrogen functional groups attached to an aromatic ring is 2. The number of hydrogen-bond acceptors (Lipinski definition) is 8. The number of hydrogen-bond donors (Lipinski definition) is 2. The highest BCUT2D eigenvalue weighted by Gasteiger charge is 2.52. The predicted molar refractivity (Wildman–Crippen MR) is 253 cm³/mol. The Hall–Kier alpha value is -4.96. The van der Waals surface area contributed by atoms with E-state index in [-0.39, 0.29) is 23.9 Å². The Labute approximate surface area is 385 Å². The van der Waals surface area contributed by atoms with Crippen molar-refractivity contribution in [2.75, 3.05) is 11.5 Å². The van der Waals surface area contributed by atoms with Gasteiger partial charge in [-0.15, -0.1) is 0 Å². The van der Waals surface area contributed by atoms with Gasteiger partial charge in [-0.25, -0.2) is 8.78 Å². The highest BCUT2D eigenvalue weighted by molar-refractivity contribution is 9.11. The topological polar surface area (TPSA) is 139 Å². The molecular weight excluding hydrogens is 877 g/mol. The summed E-state index contributed by atoms with van der Waals surface area (Å²) in [5.74, 6) is 0.841. The van der Waals surface area contributed by atoms with E-state index in [0.29, 0.717) is 22.8 Å². The van der Waals surface area contributed by atoms with Crippen molar-refractivity contribution in [3.63, 3.8) is 0 Å². The van der Waals surface area contributed by atoms with E-state index in [1.807, 2.05) is 27.7 Å². The van der Waals surface area contributed by atoms with Crippen molar-refractivity contribution in [1.82, 2.24) is 0 Å². The van der Waals surface area contributed by atoms with Crippen molar-refractivity contribution in [3.8, 4) is 0 Å². The van der Waals surface area contributed by atoms with Crippen molar-refractivity contribution >= 4 is 68.9 Å². The van der Waals surface area contributed by atoms with Crippen LogP contribution in [-0.4, -0.2) is 30.6 Å². The number of allylic oxidation sites excluding steroid dienone is 4. The summed E-state index contributed by atoms with van der Waals surface area (Å²) in [6.45, 7) is 12.1. The van der Waals surface area contributed by atoms with E-state index in [9.17, 15) is 8.78 Å². The zero-order valence-electron chi connectivity index (χ0n) is 37.9. The van der Waals surface area contributed by atoms with Gasteiger partial charge in [-0.2, -0.15) is 19.2 Å². The van der Waals surface area contributed by atoms with Crippen LogP contribution >= 0.6 is 15.9 Å². The lowest BCUT2D eigenvalue weighted by atomic mass is 9.78. The number of nitrogens with two attached hydrogens (primary N) is 2. The number of anilines is 2. The van der Waals surface area contributed by atoms with E-state index in [4.69, 9.17) is 40.0 Å². The summed E-state index contributed by atoms with van der Waals surface area (Å²) in [5.41, 5.74) is 26.5. The van der Waals surface area contributed by atoms with Crippen molar-refractivity contribution in [3.05, 3.63) is 128 Å². The fourth-order valence-corrected chi connectivity index (χ4v) is 10.4. The van der Waals surface area contributed by atoms with Gasteiger partial charge in [0.05, 0.1) is 11.2 Å². The molecule has 0 atom stereocenters. The Morgan fingerprint density at radius 3 is 1.55 bits per heavy atom. The molecule has 5 aliphatic rings. The third-order valence-electron chi connectivity index (χ3n) is 13.4. The average Bonchev–Trinajstić information content (AvgIpc) is 3.87. The molecule has 4 aromatic rings. The monoisotopic (exact) mass is 936 g/mol. The van der Waals surface area contributed by atoms with Crippen molar-refractivity contribution in [2.45, 2.75) is 130 Å². The lowest BCUT2D eigenvalue weighted by Crippen LogP contribution is -2.41. The standard InChI is InChI=1S/C22H24FN.C16H19Br.C12H17BFNO2.2CO2/c1-14-7-9-18-16(11-14)12-20(19-13-17(23)8-10-21(19)24)22(18)15-5-3-2-4-6-15;1-11-7-8-14-13(9-11)10-15(17)16(14)12-5-3-2-4-6-12;1-11(2)12(3,4)17-13(16-11)9-7-8(14)5-6-10(9)15;2*2-1-3/h7-11,13,15H,2-6,12,24H2,1H3;7-9,12H,2-6,10H2,1H3;5-7H,15H2,1-4H3;;. The molecule has 0 unspecified atom stereocenters. The summed E-state index contributed by atoms with van der Waals surface area (Å²) in [6, 6.07) is 22.7. The van der Waals surface area contributed by atoms with Crippen LogP contribution in [0.5, 0.6) is 0 Å². The second-order valence-corrected chi connectivity index (χ2v) is 19.3. The van der Waals surface area contributed by atoms with Crippen LogP contribution in [0.2, 0.25) is 0 Å². The molecule has 4 N–H and O–H groups in total. The van der Waals surface area contributed by atoms with Crippen LogP contribution < -0.4 is 16.9 Å². The zero-order chi connectivity index (χ0) is 46.8. The highest BCUT2D eigenvalue weighted by atomic mass is 79.9. The van der Waals surface area contributed by atoms with E-state index >= 15 is 0 Å². The second-order valence-electron chi connectivity index (χ2n) is 18.3. The molecule has 4 aromatic carbocycles. The second kappa shape index (κ2) is 22.3. The molecule has 338 valence electrons. The Kier molecular flexibility index (Phi) is 17.4. The Morgan fingerprint density at radius 2 is 1.03 bits per heavy atom. The third-order valence-corrected chi connectivity index (χ3v) is 14.1. The number of carbonyl (C=O) groups excluding carboxylic acids is 4. The quantitative estimate of drug-likeness (QED) is 0.152. The molecule has 8 nitrogen and oxygen atoms in total.